The van der Waals surface area contributed by atoms with Crippen molar-refractivity contribution in [2.45, 2.75) is 64.0 Å². The van der Waals surface area contributed by atoms with Gasteiger partial charge in [0, 0.05) is 18.2 Å². The number of amides is 2. The first-order valence-corrected chi connectivity index (χ1v) is 8.91. The smallest absolute Gasteiger partial charge is 0.246 e. The molecule has 0 bridgehead atoms. The van der Waals surface area contributed by atoms with E-state index < -0.39 is 5.54 Å². The number of anilines is 1. The Morgan fingerprint density at radius 3 is 2.58 bits per heavy atom. The van der Waals surface area contributed by atoms with Gasteiger partial charge in [0.1, 0.15) is 11.3 Å². The van der Waals surface area contributed by atoms with Crippen LogP contribution in [0, 0.1) is 0 Å². The molecule has 0 unspecified atom stereocenters. The molecule has 24 heavy (non-hydrogen) atoms. The second kappa shape index (κ2) is 6.83. The lowest BCUT2D eigenvalue weighted by molar-refractivity contribution is -0.127. The van der Waals surface area contributed by atoms with Gasteiger partial charge in [0.15, 0.2) is 0 Å². The molecule has 1 aliphatic heterocycles. The average Bonchev–Trinajstić information content (AvgIpc) is 3.18. The van der Waals surface area contributed by atoms with Gasteiger partial charge in [-0.3, -0.25) is 14.5 Å². The molecule has 1 heterocycles. The molecule has 0 spiro atoms. The predicted molar refractivity (Wildman–Crippen MR) is 93.1 cm³/mol. The normalized spacial score (nSPS) is 24.4. The Balaban J connectivity index is 1.80. The maximum Gasteiger partial charge on any atom is 0.246 e. The maximum absolute atomic E-state index is 12.9. The minimum absolute atomic E-state index is 0.00299. The Kier molecular flexibility index (Phi) is 4.78. The van der Waals surface area contributed by atoms with Crippen molar-refractivity contribution in [3.63, 3.8) is 0 Å². The van der Waals surface area contributed by atoms with E-state index in [1.54, 1.807) is 4.90 Å². The molecule has 1 aromatic rings. The number of rotatable bonds is 5. The summed E-state index contributed by atoms with van der Waals surface area (Å²) in [6.45, 7) is 4.41. The molecule has 5 nitrogen and oxygen atoms in total. The van der Waals surface area contributed by atoms with Crippen LogP contribution in [0.4, 0.5) is 5.69 Å². The van der Waals surface area contributed by atoms with E-state index in [4.69, 9.17) is 4.74 Å². The van der Waals surface area contributed by atoms with Crippen molar-refractivity contribution in [1.82, 2.24) is 5.32 Å². The monoisotopic (exact) mass is 330 g/mol. The molecule has 0 aromatic heterocycles. The van der Waals surface area contributed by atoms with Crippen molar-refractivity contribution in [1.29, 1.82) is 0 Å². The van der Waals surface area contributed by atoms with E-state index in [-0.39, 0.29) is 17.9 Å². The molecule has 1 saturated heterocycles. The number of benzene rings is 1. The van der Waals surface area contributed by atoms with Crippen LogP contribution in [0.25, 0.3) is 0 Å². The Labute approximate surface area is 143 Å². The molecule has 5 heteroatoms. The summed E-state index contributed by atoms with van der Waals surface area (Å²) in [6, 6.07) is 7.66. The van der Waals surface area contributed by atoms with Crippen molar-refractivity contribution in [2.24, 2.45) is 0 Å². The van der Waals surface area contributed by atoms with Gasteiger partial charge in [-0.15, -0.1) is 0 Å². The van der Waals surface area contributed by atoms with E-state index in [1.807, 2.05) is 38.1 Å². The first-order chi connectivity index (χ1) is 11.5. The van der Waals surface area contributed by atoms with E-state index in [1.165, 1.54) is 12.8 Å². The Hall–Kier alpha value is -2.04. The van der Waals surface area contributed by atoms with Gasteiger partial charge in [0.2, 0.25) is 11.8 Å². The third-order valence-corrected chi connectivity index (χ3v) is 5.15. The van der Waals surface area contributed by atoms with E-state index in [9.17, 15) is 9.59 Å². The highest BCUT2D eigenvalue weighted by molar-refractivity contribution is 6.06. The first kappa shape index (κ1) is 16.8. The van der Waals surface area contributed by atoms with Gasteiger partial charge >= 0.3 is 0 Å². The van der Waals surface area contributed by atoms with E-state index in [0.29, 0.717) is 19.4 Å². The lowest BCUT2D eigenvalue weighted by Gasteiger charge is -2.35. The largest absolute Gasteiger partial charge is 0.494 e. The van der Waals surface area contributed by atoms with Crippen LogP contribution in [-0.2, 0) is 9.59 Å². The molecule has 2 aliphatic rings. The molecular formula is C19H26N2O3. The Morgan fingerprint density at radius 2 is 1.96 bits per heavy atom. The quantitative estimate of drug-likeness (QED) is 0.903. The van der Waals surface area contributed by atoms with Gasteiger partial charge in [-0.1, -0.05) is 12.8 Å². The van der Waals surface area contributed by atoms with Crippen LogP contribution >= 0.6 is 0 Å². The zero-order valence-corrected chi connectivity index (χ0v) is 14.5. The fourth-order valence-electron chi connectivity index (χ4n) is 3.76. The number of carbonyl (C=O) groups excluding carboxylic acids is 2. The highest BCUT2D eigenvalue weighted by Crippen LogP contribution is 2.36. The van der Waals surface area contributed by atoms with Gasteiger partial charge in [-0.05, 0) is 57.4 Å². The summed E-state index contributed by atoms with van der Waals surface area (Å²) in [7, 11) is 0. The Bertz CT molecular complexity index is 608. The van der Waals surface area contributed by atoms with Gasteiger partial charge < -0.3 is 10.1 Å². The molecule has 130 valence electrons. The highest BCUT2D eigenvalue weighted by Gasteiger charge is 2.48. The molecular weight excluding hydrogens is 304 g/mol. The summed E-state index contributed by atoms with van der Waals surface area (Å²) >= 11 is 0. The van der Waals surface area contributed by atoms with Crippen molar-refractivity contribution < 1.29 is 14.3 Å². The van der Waals surface area contributed by atoms with Crippen molar-refractivity contribution in [2.75, 3.05) is 11.5 Å². The number of carbonyl (C=O) groups is 2. The lowest BCUT2D eigenvalue weighted by Crippen LogP contribution is -2.56. The zero-order valence-electron chi connectivity index (χ0n) is 14.5. The van der Waals surface area contributed by atoms with Gasteiger partial charge in [0.05, 0.1) is 6.61 Å². The fraction of sp³-hybridized carbons (Fsp3) is 0.579. The summed E-state index contributed by atoms with van der Waals surface area (Å²) in [5.41, 5.74) is -0.0580. The molecule has 2 amide bonds. The molecule has 1 aromatic carbocycles. The zero-order chi connectivity index (χ0) is 17.2. The number of ether oxygens (including phenoxy) is 1. The molecule has 2 fully saturated rings. The van der Waals surface area contributed by atoms with Crippen molar-refractivity contribution >= 4 is 17.5 Å². The number of nitrogens with zero attached hydrogens (tertiary/aromatic N) is 1. The number of hydrogen-bond acceptors (Lipinski definition) is 3. The highest BCUT2D eigenvalue weighted by atomic mass is 16.5. The van der Waals surface area contributed by atoms with Crippen LogP contribution < -0.4 is 15.0 Å². The number of nitrogens with one attached hydrogen (secondary N) is 1. The van der Waals surface area contributed by atoms with Crippen molar-refractivity contribution in [3.05, 3.63) is 24.3 Å². The molecule has 0 radical (unpaired) electrons. The third-order valence-electron chi connectivity index (χ3n) is 5.15. The molecule has 3 rings (SSSR count). The van der Waals surface area contributed by atoms with Gasteiger partial charge in [-0.2, -0.15) is 0 Å². The minimum atomic E-state index is -0.813. The van der Waals surface area contributed by atoms with E-state index in [0.717, 1.165) is 24.3 Å². The molecule has 1 aliphatic carbocycles. The predicted octanol–water partition coefficient (Wildman–Crippen LogP) is 3.03. The van der Waals surface area contributed by atoms with Crippen molar-refractivity contribution in [3.8, 4) is 5.75 Å². The summed E-state index contributed by atoms with van der Waals surface area (Å²) in [5, 5.41) is 3.16. The summed E-state index contributed by atoms with van der Waals surface area (Å²) in [6.07, 6.45) is 5.38. The summed E-state index contributed by atoms with van der Waals surface area (Å²) in [4.78, 5) is 27.0. The van der Waals surface area contributed by atoms with Gasteiger partial charge in [-0.25, -0.2) is 0 Å². The Morgan fingerprint density at radius 1 is 1.29 bits per heavy atom. The standard InChI is InChI=1S/C19H26N2O3/c1-3-24-16-10-8-15(9-11-16)21-17(22)12-13-19(21,2)18(23)20-14-6-4-5-7-14/h8-11,14H,3-7,12-13H2,1-2H3,(H,20,23)/t19-/m1/s1. The fourth-order valence-corrected chi connectivity index (χ4v) is 3.76. The maximum atomic E-state index is 12.9. The van der Waals surface area contributed by atoms with Crippen LogP contribution in [-0.4, -0.2) is 30.0 Å². The summed E-state index contributed by atoms with van der Waals surface area (Å²) < 4.78 is 5.46. The lowest BCUT2D eigenvalue weighted by atomic mass is 9.96. The molecule has 1 atom stereocenters. The molecule has 1 saturated carbocycles. The summed E-state index contributed by atoms with van der Waals surface area (Å²) in [5.74, 6) is 0.738. The van der Waals surface area contributed by atoms with Crippen LogP contribution in [0.15, 0.2) is 24.3 Å². The topological polar surface area (TPSA) is 58.6 Å². The van der Waals surface area contributed by atoms with Crippen LogP contribution in [0.2, 0.25) is 0 Å². The minimum Gasteiger partial charge on any atom is -0.494 e. The first-order valence-electron chi connectivity index (χ1n) is 8.91. The van der Waals surface area contributed by atoms with Crippen LogP contribution in [0.3, 0.4) is 0 Å². The van der Waals surface area contributed by atoms with Crippen LogP contribution in [0.1, 0.15) is 52.4 Å². The third kappa shape index (κ3) is 3.12. The molecule has 1 N–H and O–H groups in total. The SMILES string of the molecule is CCOc1ccc(N2C(=O)CC[C@]2(C)C(=O)NC2CCCC2)cc1. The second-order valence-corrected chi connectivity index (χ2v) is 6.88. The second-order valence-electron chi connectivity index (χ2n) is 6.88. The van der Waals surface area contributed by atoms with E-state index >= 15 is 0 Å². The van der Waals surface area contributed by atoms with E-state index in [2.05, 4.69) is 5.32 Å². The average molecular weight is 330 g/mol. The van der Waals surface area contributed by atoms with Gasteiger partial charge in [0.25, 0.3) is 0 Å². The van der Waals surface area contributed by atoms with Crippen LogP contribution in [0.5, 0.6) is 5.75 Å². The number of hydrogen-bond donors (Lipinski definition) is 1.